The predicted octanol–water partition coefficient (Wildman–Crippen LogP) is 9.98. The number of hydrogen-bond acceptors (Lipinski definition) is 5. The first-order valence-corrected chi connectivity index (χ1v) is 32.4. The van der Waals surface area contributed by atoms with Gasteiger partial charge in [-0.3, -0.25) is 0 Å². The molecule has 11 atom stereocenters. The van der Waals surface area contributed by atoms with E-state index in [2.05, 4.69) is 181 Å². The van der Waals surface area contributed by atoms with Crippen molar-refractivity contribution in [2.45, 2.75) is 126 Å². The molecule has 0 aliphatic heterocycles. The summed E-state index contributed by atoms with van der Waals surface area (Å²) in [6.07, 6.45) is 27.3. The fraction of sp³-hybridized carbons (Fsp3) is 0.510. The average molecular weight is 1300 g/mol. The van der Waals surface area contributed by atoms with Crippen molar-refractivity contribution in [3.05, 3.63) is 105 Å². The summed E-state index contributed by atoms with van der Waals surface area (Å²) >= 11 is 19.6. The van der Waals surface area contributed by atoms with E-state index >= 15 is 0 Å². The summed E-state index contributed by atoms with van der Waals surface area (Å²) in [7, 11) is 0. The van der Waals surface area contributed by atoms with Gasteiger partial charge in [0.15, 0.2) is 0 Å². The first-order chi connectivity index (χ1) is 27.7. The Balaban J connectivity index is 0.899. The van der Waals surface area contributed by atoms with E-state index in [4.69, 9.17) is 12.6 Å². The molecule has 16 rings (SSSR count). The summed E-state index contributed by atoms with van der Waals surface area (Å²) in [6.45, 7) is 15.2. The number of fused-ring (bicyclic) bond motifs is 7. The van der Waals surface area contributed by atoms with Crippen molar-refractivity contribution in [2.24, 2.45) is 22.2 Å². The molecule has 1 spiro atoms. The van der Waals surface area contributed by atoms with Gasteiger partial charge in [-0.15, -0.1) is 0 Å². The van der Waals surface area contributed by atoms with Crippen molar-refractivity contribution in [3.63, 3.8) is 0 Å². The van der Waals surface area contributed by atoms with Gasteiger partial charge in [-0.1, -0.05) is 0 Å². The van der Waals surface area contributed by atoms with E-state index in [1.54, 1.807) is 61.5 Å². The Morgan fingerprint density at radius 2 is 1.12 bits per heavy atom. The Morgan fingerprint density at radius 3 is 1.74 bits per heavy atom. The summed E-state index contributed by atoms with van der Waals surface area (Å²) in [5.74, 6) is 5.43. The van der Waals surface area contributed by atoms with Gasteiger partial charge >= 0.3 is 420 Å². The molecule has 0 nitrogen and oxygen atoms in total. The zero-order valence-corrected chi connectivity index (χ0v) is 46.4. The van der Waals surface area contributed by atoms with E-state index in [1.807, 2.05) is 14.0 Å². The second-order valence-electron chi connectivity index (χ2n) is 20.8. The number of thiophene rings is 4. The van der Waals surface area contributed by atoms with Gasteiger partial charge in [0.1, 0.15) is 0 Å². The number of thiol groups is 1. The first kappa shape index (κ1) is 39.4. The third-order valence-electron chi connectivity index (χ3n) is 16.7. The summed E-state index contributed by atoms with van der Waals surface area (Å²) in [4.78, 5) is 6.72. The second-order valence-corrected chi connectivity index (χ2v) is 39.1. The van der Waals surface area contributed by atoms with Gasteiger partial charge in [0, 0.05) is 0 Å². The van der Waals surface area contributed by atoms with Crippen molar-refractivity contribution in [1.29, 1.82) is 0 Å². The van der Waals surface area contributed by atoms with E-state index in [0.29, 0.717) is 57.7 Å². The summed E-state index contributed by atoms with van der Waals surface area (Å²) < 4.78 is 8.28. The number of rotatable bonds is 6. The molecule has 11 unspecified atom stereocenters. The maximum absolute atomic E-state index is 5.44. The van der Waals surface area contributed by atoms with Crippen LogP contribution in [0.15, 0.2) is 48.6 Å². The summed E-state index contributed by atoms with van der Waals surface area (Å²) in [5, 5.41) is 0. The SMILES string of the molecule is CC1CC2C=CC(C1)c1c(-c3sc([I-]C[I-]c4sc(-c5sc(I)c6c5C5C=CC6CC5(C)C)c5c4C4C=CC5CC4(C)S)c4c3C3CC(C)(C)C35C=CC45)sc(I)c12. The van der Waals surface area contributed by atoms with Crippen LogP contribution in [-0.4, -0.2) is 7.18 Å². The molecule has 4 heterocycles. The Hall–Kier alpha value is 1.03. The molecule has 12 aliphatic rings. The molecule has 0 aromatic carbocycles. The minimum absolute atomic E-state index is 0.0362. The molecule has 0 radical (unpaired) electrons. The zero-order chi connectivity index (χ0) is 39.6. The van der Waals surface area contributed by atoms with Crippen LogP contribution in [-0.2, 0) is 0 Å². The van der Waals surface area contributed by atoms with E-state index in [1.165, 1.54) is 34.5 Å². The molecule has 0 saturated heterocycles. The van der Waals surface area contributed by atoms with E-state index < -0.39 is 0 Å². The number of alkyl halides is 2. The molecule has 1 saturated carbocycles. The second kappa shape index (κ2) is 13.1. The normalized spacial score (nSPS) is 37.7. The Labute approximate surface area is 414 Å². The van der Waals surface area contributed by atoms with Crippen LogP contribution >= 0.6 is 103 Å². The van der Waals surface area contributed by atoms with Crippen molar-refractivity contribution in [2.75, 3.05) is 2.43 Å². The van der Waals surface area contributed by atoms with Gasteiger partial charge in [0.25, 0.3) is 0 Å². The van der Waals surface area contributed by atoms with Gasteiger partial charge in [0.05, 0.1) is 0 Å². The van der Waals surface area contributed by atoms with Crippen LogP contribution in [0.5, 0.6) is 0 Å². The van der Waals surface area contributed by atoms with Crippen LogP contribution in [0.25, 0.3) is 19.5 Å². The quantitative estimate of drug-likeness (QED) is 0.0846. The van der Waals surface area contributed by atoms with Crippen LogP contribution < -0.4 is 42.4 Å². The van der Waals surface area contributed by atoms with Gasteiger partial charge in [-0.25, -0.2) is 0 Å². The van der Waals surface area contributed by atoms with Crippen LogP contribution in [0.2, 0.25) is 0 Å². The zero-order valence-electron chi connectivity index (χ0n) is 33.6. The summed E-state index contributed by atoms with van der Waals surface area (Å²) in [6, 6.07) is 0. The Morgan fingerprint density at radius 1 is 0.586 bits per heavy atom. The molecule has 4 aromatic heterocycles. The van der Waals surface area contributed by atoms with Crippen LogP contribution in [0.3, 0.4) is 0 Å². The number of allylic oxidation sites excluding steroid dienone is 8. The summed E-state index contributed by atoms with van der Waals surface area (Å²) in [5.41, 5.74) is 15.1. The molecule has 9 heteroatoms. The van der Waals surface area contributed by atoms with Crippen molar-refractivity contribution >= 4 is 103 Å². The molecule has 304 valence electrons. The van der Waals surface area contributed by atoms with Gasteiger partial charge in [-0.05, 0) is 0 Å². The molecular weight excluding hydrogens is 1260 g/mol. The van der Waals surface area contributed by atoms with Crippen LogP contribution in [0.4, 0.5) is 0 Å². The van der Waals surface area contributed by atoms with Crippen LogP contribution in [0, 0.1) is 33.7 Å². The standard InChI is InChI=1S/C49H48I4S5/c1-21-15-22-7-8-23(16-21)32-30(22)38(55-42(32)50)41-35-29-19-47(4,5)49(29)14-13-28(49)37(35)45(58-41)53-20-52-44-36-27-12-10-25(18-48(27,6)54)31(36)39(57-44)40-34-26-11-9-24(17-46(26,2)3)33(34)43(51)56-40/h7-14,21-29,54H,15-20H2,1-6H3/q-2. The third kappa shape index (κ3) is 5.06. The van der Waals surface area contributed by atoms with E-state index in [9.17, 15) is 0 Å². The van der Waals surface area contributed by atoms with Crippen LogP contribution in [0.1, 0.15) is 165 Å². The monoisotopic (exact) mass is 1300 g/mol. The van der Waals surface area contributed by atoms with Gasteiger partial charge < -0.3 is 0 Å². The molecule has 0 N–H and O–H groups in total. The van der Waals surface area contributed by atoms with E-state index in [-0.39, 0.29) is 47.2 Å². The fourth-order valence-electron chi connectivity index (χ4n) is 14.1. The average Bonchev–Trinajstić information content (AvgIpc) is 3.87. The molecule has 6 bridgehead atoms. The molecular formula is C49H48I4S5-2. The number of halogens is 4. The molecule has 0 amide bonds. The molecule has 4 aromatic rings. The maximum atomic E-state index is 5.44. The van der Waals surface area contributed by atoms with Gasteiger partial charge in [-0.2, -0.15) is 0 Å². The minimum atomic E-state index is -0.111. The molecule has 58 heavy (non-hydrogen) atoms. The topological polar surface area (TPSA) is 0 Å². The Bertz CT molecular complexity index is 2640. The third-order valence-corrected chi connectivity index (χ3v) is 33.8. The Kier molecular flexibility index (Phi) is 8.90. The fourth-order valence-corrected chi connectivity index (χ4v) is 35.4. The van der Waals surface area contributed by atoms with Crippen molar-refractivity contribution < 1.29 is 42.4 Å². The first-order valence-electron chi connectivity index (χ1n) is 21.3. The molecule has 12 aliphatic carbocycles. The molecule has 1 fully saturated rings. The van der Waals surface area contributed by atoms with Crippen molar-refractivity contribution in [3.8, 4) is 19.5 Å². The number of hydrogen-bond donors (Lipinski definition) is 1. The predicted molar refractivity (Wildman–Crippen MR) is 261 cm³/mol. The van der Waals surface area contributed by atoms with Crippen molar-refractivity contribution in [1.82, 2.24) is 0 Å². The van der Waals surface area contributed by atoms with E-state index in [0.717, 1.165) is 11.8 Å². The van der Waals surface area contributed by atoms with Gasteiger partial charge in [0.2, 0.25) is 0 Å².